The van der Waals surface area contributed by atoms with E-state index in [-0.39, 0.29) is 28.3 Å². The molecule has 0 radical (unpaired) electrons. The minimum Gasteiger partial charge on any atom is -0.545 e. The Bertz CT molecular complexity index is 590. The largest absolute Gasteiger partial charge is 0.545 e. The number of epoxide rings is 1. The molecule has 156 valence electrons. The highest BCUT2D eigenvalue weighted by Crippen LogP contribution is 2.53. The molecule has 5 heteroatoms. The highest BCUT2D eigenvalue weighted by atomic mass is 28.4. The first-order valence-corrected chi connectivity index (χ1v) is 13.0. The van der Waals surface area contributed by atoms with Crippen molar-refractivity contribution >= 4 is 8.32 Å². The quantitative estimate of drug-likeness (QED) is 0.325. The summed E-state index contributed by atoms with van der Waals surface area (Å²) in [7, 11) is -0.173. The Morgan fingerprint density at radius 2 is 1.85 bits per heavy atom. The maximum atomic E-state index is 6.69. The Balaban J connectivity index is 2.29. The molecule has 1 saturated heterocycles. The molecule has 1 heterocycles. The lowest BCUT2D eigenvalue weighted by Gasteiger charge is -2.47. The van der Waals surface area contributed by atoms with Crippen molar-refractivity contribution in [3.63, 3.8) is 0 Å². The van der Waals surface area contributed by atoms with Crippen LogP contribution in [-0.4, -0.2) is 45.9 Å². The lowest BCUT2D eigenvalue weighted by Crippen LogP contribution is -2.55. The van der Waals surface area contributed by atoms with Gasteiger partial charge in [0, 0.05) is 13.5 Å². The molecule has 1 fully saturated rings. The van der Waals surface area contributed by atoms with Crippen molar-refractivity contribution in [2.45, 2.75) is 90.3 Å². The van der Waals surface area contributed by atoms with E-state index in [0.29, 0.717) is 6.61 Å². The van der Waals surface area contributed by atoms with Crippen LogP contribution in [0.4, 0.5) is 0 Å². The smallest absolute Gasteiger partial charge is 0.250 e. The zero-order valence-corrected chi connectivity index (χ0v) is 20.1. The summed E-state index contributed by atoms with van der Waals surface area (Å²) >= 11 is 0. The molecule has 3 atom stereocenters. The molecule has 0 N–H and O–H groups in total. The minimum atomic E-state index is -1.94. The standard InChI is InChI=1S/C22H40O4Si/c1-16(2)12-14-24-21(6,7)19-18(23-8)17(11-13-22(19)15-25-22)26-27(9,10)20(3,4)5/h11-12,18-19H,13-15H2,1-10H3/t18-,19-,22+/m1/s1. The fraction of sp³-hybridized carbons (Fsp3) is 0.818. The lowest BCUT2D eigenvalue weighted by molar-refractivity contribution is -0.125. The summed E-state index contributed by atoms with van der Waals surface area (Å²) in [6, 6.07) is 0. The van der Waals surface area contributed by atoms with Crippen molar-refractivity contribution in [2.75, 3.05) is 20.3 Å². The Morgan fingerprint density at radius 1 is 1.26 bits per heavy atom. The number of allylic oxidation sites excluding steroid dienone is 1. The monoisotopic (exact) mass is 396 g/mol. The molecule has 0 amide bonds. The molecule has 2 rings (SSSR count). The van der Waals surface area contributed by atoms with Gasteiger partial charge in [0.25, 0.3) is 0 Å². The van der Waals surface area contributed by atoms with E-state index in [1.54, 1.807) is 7.11 Å². The van der Waals surface area contributed by atoms with Crippen LogP contribution in [-0.2, 0) is 18.6 Å². The predicted molar refractivity (Wildman–Crippen MR) is 113 cm³/mol. The van der Waals surface area contributed by atoms with Gasteiger partial charge in [0.05, 0.1) is 24.7 Å². The van der Waals surface area contributed by atoms with E-state index in [4.69, 9.17) is 18.6 Å². The first-order chi connectivity index (χ1) is 12.3. The van der Waals surface area contributed by atoms with Crippen molar-refractivity contribution in [1.29, 1.82) is 0 Å². The van der Waals surface area contributed by atoms with Crippen LogP contribution < -0.4 is 0 Å². The highest BCUT2D eigenvalue weighted by Gasteiger charge is 2.62. The Morgan fingerprint density at radius 3 is 2.30 bits per heavy atom. The third-order valence-electron chi connectivity index (χ3n) is 6.44. The van der Waals surface area contributed by atoms with Gasteiger partial charge in [-0.15, -0.1) is 0 Å². The number of ether oxygens (including phenoxy) is 3. The maximum absolute atomic E-state index is 6.69. The summed E-state index contributed by atoms with van der Waals surface area (Å²) in [4.78, 5) is 0. The highest BCUT2D eigenvalue weighted by molar-refractivity contribution is 6.74. The second kappa shape index (κ2) is 7.66. The van der Waals surface area contributed by atoms with Crippen molar-refractivity contribution in [2.24, 2.45) is 5.92 Å². The van der Waals surface area contributed by atoms with Crippen LogP contribution in [0.15, 0.2) is 23.5 Å². The van der Waals surface area contributed by atoms with E-state index >= 15 is 0 Å². The first-order valence-electron chi connectivity index (χ1n) is 10.1. The van der Waals surface area contributed by atoms with Gasteiger partial charge in [0.2, 0.25) is 8.32 Å². The predicted octanol–water partition coefficient (Wildman–Crippen LogP) is 5.46. The van der Waals surface area contributed by atoms with Gasteiger partial charge in [-0.25, -0.2) is 0 Å². The van der Waals surface area contributed by atoms with Gasteiger partial charge in [0.1, 0.15) is 17.5 Å². The summed E-state index contributed by atoms with van der Waals surface area (Å²) in [6.45, 7) is 21.2. The summed E-state index contributed by atoms with van der Waals surface area (Å²) in [6.07, 6.45) is 5.02. The van der Waals surface area contributed by atoms with E-state index < -0.39 is 8.32 Å². The molecule has 0 saturated carbocycles. The van der Waals surface area contributed by atoms with Gasteiger partial charge < -0.3 is 18.6 Å². The third-order valence-corrected chi connectivity index (χ3v) is 10.8. The second-order valence-corrected chi connectivity index (χ2v) is 15.1. The van der Waals surface area contributed by atoms with Gasteiger partial charge in [-0.1, -0.05) is 32.4 Å². The SMILES string of the molecule is CO[C@@H]1C(O[Si](C)(C)C(C)(C)C)=CC[C@]2(CO2)[C@H]1C(C)(C)OCC=C(C)C. The molecule has 2 aliphatic rings. The first kappa shape index (κ1) is 22.7. The molecule has 0 aromatic rings. The molecule has 4 nitrogen and oxygen atoms in total. The summed E-state index contributed by atoms with van der Waals surface area (Å²) in [5.74, 6) is 1.06. The molecule has 0 aromatic carbocycles. The Kier molecular flexibility index (Phi) is 6.43. The molecule has 0 aromatic heterocycles. The minimum absolute atomic E-state index is 0.0883. The molecule has 1 spiro atoms. The maximum Gasteiger partial charge on any atom is 0.250 e. The van der Waals surface area contributed by atoms with Crippen LogP contribution in [0.3, 0.4) is 0 Å². The third kappa shape index (κ3) is 4.87. The normalized spacial score (nSPS) is 28.7. The molecule has 1 aliphatic carbocycles. The summed E-state index contributed by atoms with van der Waals surface area (Å²) < 4.78 is 25.0. The van der Waals surface area contributed by atoms with Gasteiger partial charge in [-0.05, 0) is 51.9 Å². The summed E-state index contributed by atoms with van der Waals surface area (Å²) in [5, 5.41) is 0.141. The van der Waals surface area contributed by atoms with Gasteiger partial charge >= 0.3 is 0 Å². The molecule has 1 aliphatic heterocycles. The van der Waals surface area contributed by atoms with Crippen LogP contribution >= 0.6 is 0 Å². The summed E-state index contributed by atoms with van der Waals surface area (Å²) in [5.41, 5.74) is 0.687. The van der Waals surface area contributed by atoms with Crippen molar-refractivity contribution in [3.8, 4) is 0 Å². The molecular formula is C22H40O4Si. The van der Waals surface area contributed by atoms with E-state index in [0.717, 1.165) is 18.8 Å². The van der Waals surface area contributed by atoms with E-state index in [2.05, 4.69) is 73.7 Å². The molecule has 0 bridgehead atoms. The molecule has 27 heavy (non-hydrogen) atoms. The van der Waals surface area contributed by atoms with Gasteiger partial charge in [-0.3, -0.25) is 0 Å². The van der Waals surface area contributed by atoms with E-state index in [9.17, 15) is 0 Å². The second-order valence-electron chi connectivity index (χ2n) is 10.4. The van der Waals surface area contributed by atoms with Crippen molar-refractivity contribution in [1.82, 2.24) is 0 Å². The fourth-order valence-electron chi connectivity index (χ4n) is 3.66. The number of methoxy groups -OCH3 is 1. The number of rotatable bonds is 7. The van der Waals surface area contributed by atoms with Crippen LogP contribution in [0.2, 0.25) is 18.1 Å². The van der Waals surface area contributed by atoms with Crippen LogP contribution in [0, 0.1) is 5.92 Å². The van der Waals surface area contributed by atoms with Gasteiger partial charge in [0.15, 0.2) is 0 Å². The van der Waals surface area contributed by atoms with Crippen LogP contribution in [0.1, 0.15) is 54.9 Å². The number of hydrogen-bond acceptors (Lipinski definition) is 4. The van der Waals surface area contributed by atoms with E-state index in [1.165, 1.54) is 5.57 Å². The van der Waals surface area contributed by atoms with Gasteiger partial charge in [-0.2, -0.15) is 0 Å². The topological polar surface area (TPSA) is 40.2 Å². The molecular weight excluding hydrogens is 356 g/mol. The zero-order valence-electron chi connectivity index (χ0n) is 19.1. The van der Waals surface area contributed by atoms with Crippen LogP contribution in [0.25, 0.3) is 0 Å². The number of hydrogen-bond donors (Lipinski definition) is 0. The van der Waals surface area contributed by atoms with Crippen molar-refractivity contribution < 1.29 is 18.6 Å². The molecule has 0 unspecified atom stereocenters. The fourth-order valence-corrected chi connectivity index (χ4v) is 4.75. The zero-order chi connectivity index (χ0) is 20.7. The van der Waals surface area contributed by atoms with E-state index in [1.807, 2.05) is 0 Å². The lowest BCUT2D eigenvalue weighted by atomic mass is 9.71. The van der Waals surface area contributed by atoms with Crippen molar-refractivity contribution in [3.05, 3.63) is 23.5 Å². The average Bonchev–Trinajstić information content (AvgIpc) is 3.26. The Hall–Kier alpha value is -0.623. The van der Waals surface area contributed by atoms with Crippen LogP contribution in [0.5, 0.6) is 0 Å². The Labute approximate surface area is 167 Å². The average molecular weight is 397 g/mol.